The molecule has 5 nitrogen and oxygen atoms in total. The lowest BCUT2D eigenvalue weighted by Gasteiger charge is -2.35. The first-order chi connectivity index (χ1) is 9.61. The molecule has 0 aromatic heterocycles. The van der Waals surface area contributed by atoms with Gasteiger partial charge in [-0.2, -0.15) is 0 Å². The van der Waals surface area contributed by atoms with Crippen LogP contribution in [0.1, 0.15) is 32.1 Å². The number of carboxylic acids is 1. The van der Waals surface area contributed by atoms with Crippen LogP contribution in [-0.4, -0.2) is 59.5 Å². The number of carbonyl (C=O) groups excluding carboxylic acids is 1. The van der Waals surface area contributed by atoms with Crippen LogP contribution in [0.2, 0.25) is 0 Å². The average molecular weight is 280 g/mol. The summed E-state index contributed by atoms with van der Waals surface area (Å²) in [7, 11) is 0. The summed E-state index contributed by atoms with van der Waals surface area (Å²) >= 11 is 0. The van der Waals surface area contributed by atoms with E-state index in [1.165, 1.54) is 25.7 Å². The van der Waals surface area contributed by atoms with E-state index >= 15 is 0 Å². The van der Waals surface area contributed by atoms with E-state index in [2.05, 4.69) is 0 Å². The van der Waals surface area contributed by atoms with Gasteiger partial charge < -0.3 is 10.0 Å². The van der Waals surface area contributed by atoms with Crippen LogP contribution in [0.3, 0.4) is 0 Å². The van der Waals surface area contributed by atoms with Gasteiger partial charge in [-0.3, -0.25) is 14.5 Å². The van der Waals surface area contributed by atoms with Gasteiger partial charge in [-0.15, -0.1) is 0 Å². The molecule has 1 amide bonds. The first-order valence-corrected chi connectivity index (χ1v) is 7.83. The Balaban J connectivity index is 1.44. The summed E-state index contributed by atoms with van der Waals surface area (Å²) in [4.78, 5) is 26.9. The molecule has 3 fully saturated rings. The summed E-state index contributed by atoms with van der Waals surface area (Å²) < 4.78 is 0. The van der Waals surface area contributed by atoms with E-state index in [-0.39, 0.29) is 12.5 Å². The van der Waals surface area contributed by atoms with Crippen LogP contribution in [0, 0.1) is 17.8 Å². The molecule has 1 N–H and O–H groups in total. The fraction of sp³-hybridized carbons (Fsp3) is 0.867. The Morgan fingerprint density at radius 1 is 1.05 bits per heavy atom. The molecule has 0 spiro atoms. The van der Waals surface area contributed by atoms with Gasteiger partial charge in [0.15, 0.2) is 0 Å². The largest absolute Gasteiger partial charge is 0.480 e. The van der Waals surface area contributed by atoms with Crippen LogP contribution in [0.5, 0.6) is 0 Å². The van der Waals surface area contributed by atoms with Gasteiger partial charge in [-0.1, -0.05) is 6.42 Å². The smallest absolute Gasteiger partial charge is 0.317 e. The van der Waals surface area contributed by atoms with E-state index in [1.807, 2.05) is 9.80 Å². The predicted octanol–water partition coefficient (Wildman–Crippen LogP) is 1.04. The zero-order valence-electron chi connectivity index (χ0n) is 12.0. The zero-order chi connectivity index (χ0) is 14.1. The molecule has 2 saturated carbocycles. The molecule has 0 aromatic carbocycles. The van der Waals surface area contributed by atoms with Crippen molar-refractivity contribution in [1.82, 2.24) is 9.80 Å². The molecule has 1 heterocycles. The number of hydrogen-bond acceptors (Lipinski definition) is 3. The van der Waals surface area contributed by atoms with Gasteiger partial charge >= 0.3 is 5.97 Å². The van der Waals surface area contributed by atoms with Gasteiger partial charge in [0.25, 0.3) is 0 Å². The topological polar surface area (TPSA) is 60.9 Å². The van der Waals surface area contributed by atoms with Gasteiger partial charge in [0.1, 0.15) is 0 Å². The Hall–Kier alpha value is -1.10. The lowest BCUT2D eigenvalue weighted by atomic mass is 9.86. The van der Waals surface area contributed by atoms with Crippen molar-refractivity contribution in [2.45, 2.75) is 32.1 Å². The van der Waals surface area contributed by atoms with Crippen LogP contribution in [-0.2, 0) is 9.59 Å². The molecule has 5 heteroatoms. The quantitative estimate of drug-likeness (QED) is 0.836. The van der Waals surface area contributed by atoms with E-state index in [9.17, 15) is 9.59 Å². The summed E-state index contributed by atoms with van der Waals surface area (Å²) in [6.45, 7) is 2.85. The first kappa shape index (κ1) is 13.9. The highest BCUT2D eigenvalue weighted by Crippen LogP contribution is 2.49. The maximum absolute atomic E-state index is 12.4. The molecular formula is C15H24N2O3. The van der Waals surface area contributed by atoms with Crippen LogP contribution in [0.25, 0.3) is 0 Å². The molecule has 2 bridgehead atoms. The zero-order valence-corrected chi connectivity index (χ0v) is 12.0. The number of aliphatic carboxylic acids is 1. The number of piperazine rings is 1. The standard InChI is InChI=1S/C15H24N2O3/c18-14(9-13-8-11-1-2-12(13)7-11)17-5-3-16(4-6-17)10-15(19)20/h11-13H,1-10H2,(H,19,20). The molecule has 3 rings (SSSR count). The Kier molecular flexibility index (Phi) is 3.96. The molecule has 3 unspecified atom stereocenters. The first-order valence-electron chi connectivity index (χ1n) is 7.83. The molecular weight excluding hydrogens is 256 g/mol. The number of rotatable bonds is 4. The van der Waals surface area contributed by atoms with Crippen LogP contribution >= 0.6 is 0 Å². The van der Waals surface area contributed by atoms with Crippen molar-refractivity contribution in [2.24, 2.45) is 17.8 Å². The minimum absolute atomic E-state index is 0.0917. The summed E-state index contributed by atoms with van der Waals surface area (Å²) in [6, 6.07) is 0. The van der Waals surface area contributed by atoms with Crippen LogP contribution in [0.4, 0.5) is 0 Å². The van der Waals surface area contributed by atoms with E-state index in [0.717, 1.165) is 18.3 Å². The van der Waals surface area contributed by atoms with Gasteiger partial charge in [0, 0.05) is 32.6 Å². The summed E-state index contributed by atoms with van der Waals surface area (Å²) in [6.07, 6.45) is 6.04. The molecule has 0 aromatic rings. The van der Waals surface area contributed by atoms with Crippen molar-refractivity contribution in [3.63, 3.8) is 0 Å². The van der Waals surface area contributed by atoms with E-state index < -0.39 is 5.97 Å². The second kappa shape index (κ2) is 5.72. The van der Waals surface area contributed by atoms with Crippen molar-refractivity contribution < 1.29 is 14.7 Å². The summed E-state index contributed by atoms with van der Waals surface area (Å²) in [5.41, 5.74) is 0. The highest BCUT2D eigenvalue weighted by Gasteiger charge is 2.40. The lowest BCUT2D eigenvalue weighted by molar-refractivity contribution is -0.139. The molecule has 0 radical (unpaired) electrons. The van der Waals surface area contributed by atoms with Gasteiger partial charge in [-0.05, 0) is 37.0 Å². The minimum atomic E-state index is -0.785. The normalized spacial score (nSPS) is 33.6. The van der Waals surface area contributed by atoms with Crippen LogP contribution in [0.15, 0.2) is 0 Å². The highest BCUT2D eigenvalue weighted by molar-refractivity contribution is 5.76. The maximum atomic E-state index is 12.4. The molecule has 1 aliphatic heterocycles. The van der Waals surface area contributed by atoms with Crippen LogP contribution < -0.4 is 0 Å². The second-order valence-corrected chi connectivity index (χ2v) is 6.69. The van der Waals surface area contributed by atoms with E-state index in [4.69, 9.17) is 5.11 Å². The number of fused-ring (bicyclic) bond motifs is 2. The lowest BCUT2D eigenvalue weighted by Crippen LogP contribution is -2.50. The number of nitrogens with zero attached hydrogens (tertiary/aromatic N) is 2. The molecule has 20 heavy (non-hydrogen) atoms. The maximum Gasteiger partial charge on any atom is 0.317 e. The second-order valence-electron chi connectivity index (χ2n) is 6.69. The fourth-order valence-electron chi connectivity index (χ4n) is 4.33. The molecule has 3 aliphatic rings. The van der Waals surface area contributed by atoms with Crippen molar-refractivity contribution in [2.75, 3.05) is 32.7 Å². The van der Waals surface area contributed by atoms with Gasteiger partial charge in [0.2, 0.25) is 5.91 Å². The van der Waals surface area contributed by atoms with Gasteiger partial charge in [-0.25, -0.2) is 0 Å². The monoisotopic (exact) mass is 280 g/mol. The predicted molar refractivity (Wildman–Crippen MR) is 74.2 cm³/mol. The average Bonchev–Trinajstić information content (AvgIpc) is 3.01. The summed E-state index contributed by atoms with van der Waals surface area (Å²) in [5.74, 6) is 1.82. The third kappa shape index (κ3) is 2.97. The Labute approximate surface area is 119 Å². The van der Waals surface area contributed by atoms with E-state index in [1.54, 1.807) is 0 Å². The van der Waals surface area contributed by atoms with E-state index in [0.29, 0.717) is 32.1 Å². The number of carbonyl (C=O) groups is 2. The fourth-order valence-corrected chi connectivity index (χ4v) is 4.33. The third-order valence-corrected chi connectivity index (χ3v) is 5.41. The van der Waals surface area contributed by atoms with Crippen molar-refractivity contribution in [1.29, 1.82) is 0 Å². The highest BCUT2D eigenvalue weighted by atomic mass is 16.4. The van der Waals surface area contributed by atoms with Crippen molar-refractivity contribution in [3.05, 3.63) is 0 Å². The molecule has 2 aliphatic carbocycles. The summed E-state index contributed by atoms with van der Waals surface area (Å²) in [5, 5.41) is 8.77. The Morgan fingerprint density at radius 3 is 2.35 bits per heavy atom. The Bertz CT molecular complexity index is 391. The third-order valence-electron chi connectivity index (χ3n) is 5.41. The molecule has 3 atom stereocenters. The van der Waals surface area contributed by atoms with Crippen molar-refractivity contribution >= 4 is 11.9 Å². The number of carboxylic acid groups (broad SMARTS) is 1. The minimum Gasteiger partial charge on any atom is -0.480 e. The molecule has 1 saturated heterocycles. The number of amides is 1. The SMILES string of the molecule is O=C(O)CN1CCN(C(=O)CC2CC3CCC2C3)CC1. The van der Waals surface area contributed by atoms with Gasteiger partial charge in [0.05, 0.1) is 6.54 Å². The number of hydrogen-bond donors (Lipinski definition) is 1. The molecule has 112 valence electrons. The van der Waals surface area contributed by atoms with Crippen molar-refractivity contribution in [3.8, 4) is 0 Å². The Morgan fingerprint density at radius 2 is 1.80 bits per heavy atom.